The molecule has 0 aromatic carbocycles. The van der Waals surface area contributed by atoms with E-state index in [2.05, 4.69) is 20.7 Å². The fraction of sp³-hybridized carbons (Fsp3) is 0.750. The van der Waals surface area contributed by atoms with Gasteiger partial charge in [0.15, 0.2) is 0 Å². The molecule has 0 radical (unpaired) electrons. The van der Waals surface area contributed by atoms with Crippen molar-refractivity contribution in [1.82, 2.24) is 4.90 Å². The van der Waals surface area contributed by atoms with Gasteiger partial charge in [0.05, 0.1) is 18.4 Å². The van der Waals surface area contributed by atoms with Crippen LogP contribution in [-0.4, -0.2) is 41.8 Å². The van der Waals surface area contributed by atoms with Crippen LogP contribution in [0.2, 0.25) is 0 Å². The van der Waals surface area contributed by atoms with Crippen LogP contribution in [0.15, 0.2) is 0 Å². The van der Waals surface area contributed by atoms with Crippen LogP contribution >= 0.6 is 15.9 Å². The molecular weight excluding hydrogens is 238 g/mol. The molecule has 1 fully saturated rings. The van der Waals surface area contributed by atoms with E-state index in [1.807, 2.05) is 0 Å². The molecule has 0 N–H and O–H groups in total. The Kier molecular flexibility index (Phi) is 3.71. The summed E-state index contributed by atoms with van der Waals surface area (Å²) in [5, 5.41) is 0. The van der Waals surface area contributed by atoms with Crippen molar-refractivity contribution >= 4 is 27.8 Å². The molecule has 13 heavy (non-hydrogen) atoms. The summed E-state index contributed by atoms with van der Waals surface area (Å²) in [5.74, 6) is -0.199. The number of carbonyl (C=O) groups is 2. The number of hydrogen-bond donors (Lipinski definition) is 0. The molecule has 1 saturated heterocycles. The molecule has 1 aliphatic heterocycles. The van der Waals surface area contributed by atoms with E-state index in [0.29, 0.717) is 6.54 Å². The van der Waals surface area contributed by atoms with Gasteiger partial charge in [0.25, 0.3) is 0 Å². The first-order valence-electron chi connectivity index (χ1n) is 4.15. The second-order valence-electron chi connectivity index (χ2n) is 2.91. The highest BCUT2D eigenvalue weighted by atomic mass is 79.9. The molecule has 0 saturated carbocycles. The van der Waals surface area contributed by atoms with E-state index < -0.39 is 0 Å². The summed E-state index contributed by atoms with van der Waals surface area (Å²) < 4.78 is 4.48. The van der Waals surface area contributed by atoms with E-state index in [1.165, 1.54) is 7.11 Å². The number of alkyl halides is 1. The van der Waals surface area contributed by atoms with Crippen LogP contribution in [0.25, 0.3) is 0 Å². The first-order chi connectivity index (χ1) is 6.15. The molecule has 1 aliphatic rings. The fourth-order valence-corrected chi connectivity index (χ4v) is 1.75. The number of halogens is 1. The zero-order valence-corrected chi connectivity index (χ0v) is 9.04. The van der Waals surface area contributed by atoms with Crippen LogP contribution in [0.1, 0.15) is 12.8 Å². The maximum absolute atomic E-state index is 11.3. The topological polar surface area (TPSA) is 46.6 Å². The van der Waals surface area contributed by atoms with Crippen molar-refractivity contribution in [3.63, 3.8) is 0 Å². The summed E-state index contributed by atoms with van der Waals surface area (Å²) in [4.78, 5) is 23.7. The maximum Gasteiger partial charge on any atom is 0.307 e. The number of esters is 1. The van der Waals surface area contributed by atoms with Crippen molar-refractivity contribution < 1.29 is 14.3 Å². The van der Waals surface area contributed by atoms with Gasteiger partial charge in [-0.3, -0.25) is 9.59 Å². The highest BCUT2D eigenvalue weighted by Gasteiger charge is 2.29. The van der Waals surface area contributed by atoms with E-state index in [4.69, 9.17) is 0 Å². The fourth-order valence-electron chi connectivity index (χ4n) is 1.25. The predicted molar refractivity (Wildman–Crippen MR) is 50.5 cm³/mol. The van der Waals surface area contributed by atoms with Crippen molar-refractivity contribution in [2.45, 2.75) is 17.7 Å². The van der Waals surface area contributed by atoms with Gasteiger partial charge in [-0.1, -0.05) is 15.9 Å². The van der Waals surface area contributed by atoms with Crippen LogP contribution < -0.4 is 0 Å². The smallest absolute Gasteiger partial charge is 0.307 e. The molecule has 0 bridgehead atoms. The summed E-state index contributed by atoms with van der Waals surface area (Å²) in [6.45, 7) is 1.19. The zero-order valence-electron chi connectivity index (χ0n) is 7.46. The zero-order chi connectivity index (χ0) is 9.84. The minimum Gasteiger partial charge on any atom is -0.469 e. The van der Waals surface area contributed by atoms with Crippen LogP contribution in [-0.2, 0) is 14.3 Å². The van der Waals surface area contributed by atoms with Crippen LogP contribution in [0.4, 0.5) is 0 Å². The Hall–Kier alpha value is -0.580. The molecule has 1 rings (SSSR count). The van der Waals surface area contributed by atoms with Gasteiger partial charge in [0, 0.05) is 13.1 Å². The Morgan fingerprint density at radius 1 is 1.77 bits per heavy atom. The van der Waals surface area contributed by atoms with Gasteiger partial charge in [-0.15, -0.1) is 0 Å². The van der Waals surface area contributed by atoms with E-state index >= 15 is 0 Å². The molecule has 1 amide bonds. The first-order valence-corrected chi connectivity index (χ1v) is 5.06. The average Bonchev–Trinajstić information content (AvgIpc) is 2.44. The third-order valence-corrected chi connectivity index (χ3v) is 2.90. The highest BCUT2D eigenvalue weighted by molar-refractivity contribution is 9.10. The number of rotatable bonds is 3. The average molecular weight is 250 g/mol. The molecule has 0 aromatic heterocycles. The SMILES string of the molecule is COC(=O)CCN1CCC(Br)C1=O. The van der Waals surface area contributed by atoms with Gasteiger partial charge < -0.3 is 9.64 Å². The lowest BCUT2D eigenvalue weighted by molar-refractivity contribution is -0.141. The molecule has 74 valence electrons. The Balaban J connectivity index is 2.30. The quantitative estimate of drug-likeness (QED) is 0.542. The molecule has 5 heteroatoms. The van der Waals surface area contributed by atoms with Gasteiger partial charge in [0.2, 0.25) is 5.91 Å². The van der Waals surface area contributed by atoms with Crippen LogP contribution in [0.3, 0.4) is 0 Å². The first kappa shape index (κ1) is 10.5. The molecule has 0 aromatic rings. The van der Waals surface area contributed by atoms with Crippen molar-refractivity contribution in [3.05, 3.63) is 0 Å². The molecule has 1 atom stereocenters. The Labute approximate surface area is 85.4 Å². The van der Waals surface area contributed by atoms with E-state index in [-0.39, 0.29) is 23.1 Å². The number of methoxy groups -OCH3 is 1. The lowest BCUT2D eigenvalue weighted by Crippen LogP contribution is -2.29. The second-order valence-corrected chi connectivity index (χ2v) is 4.01. The number of amides is 1. The summed E-state index contributed by atoms with van der Waals surface area (Å²) in [5.41, 5.74) is 0. The highest BCUT2D eigenvalue weighted by Crippen LogP contribution is 2.18. The number of carbonyl (C=O) groups excluding carboxylic acids is 2. The van der Waals surface area contributed by atoms with Crippen LogP contribution in [0, 0.1) is 0 Å². The van der Waals surface area contributed by atoms with Crippen molar-refractivity contribution in [1.29, 1.82) is 0 Å². The molecule has 1 unspecified atom stereocenters. The summed E-state index contributed by atoms with van der Waals surface area (Å²) >= 11 is 3.26. The van der Waals surface area contributed by atoms with Crippen molar-refractivity contribution in [2.75, 3.05) is 20.2 Å². The lowest BCUT2D eigenvalue weighted by Gasteiger charge is -2.14. The number of ether oxygens (including phenoxy) is 1. The summed E-state index contributed by atoms with van der Waals surface area (Å²) in [6.07, 6.45) is 1.10. The summed E-state index contributed by atoms with van der Waals surface area (Å²) in [6, 6.07) is 0. The van der Waals surface area contributed by atoms with Gasteiger partial charge in [-0.2, -0.15) is 0 Å². The van der Waals surface area contributed by atoms with E-state index in [9.17, 15) is 9.59 Å². The molecule has 0 spiro atoms. The molecule has 1 heterocycles. The van der Waals surface area contributed by atoms with Gasteiger partial charge in [0.1, 0.15) is 0 Å². The normalized spacial score (nSPS) is 22.2. The lowest BCUT2D eigenvalue weighted by atomic mass is 10.4. The monoisotopic (exact) mass is 249 g/mol. The van der Waals surface area contributed by atoms with Crippen molar-refractivity contribution in [3.8, 4) is 0 Å². The summed E-state index contributed by atoms with van der Waals surface area (Å²) in [7, 11) is 1.35. The van der Waals surface area contributed by atoms with E-state index in [1.54, 1.807) is 4.90 Å². The van der Waals surface area contributed by atoms with Gasteiger partial charge in [-0.25, -0.2) is 0 Å². The van der Waals surface area contributed by atoms with Crippen molar-refractivity contribution in [2.24, 2.45) is 0 Å². The Bertz CT molecular complexity index is 219. The second kappa shape index (κ2) is 4.60. The minimum absolute atomic E-state index is 0.0647. The maximum atomic E-state index is 11.3. The van der Waals surface area contributed by atoms with Gasteiger partial charge >= 0.3 is 5.97 Å². The van der Waals surface area contributed by atoms with E-state index in [0.717, 1.165) is 13.0 Å². The number of likely N-dealkylation sites (tertiary alicyclic amines) is 1. The third kappa shape index (κ3) is 2.69. The van der Waals surface area contributed by atoms with Crippen LogP contribution in [0.5, 0.6) is 0 Å². The number of nitrogens with zero attached hydrogens (tertiary/aromatic N) is 1. The van der Waals surface area contributed by atoms with Gasteiger partial charge in [-0.05, 0) is 6.42 Å². The minimum atomic E-state index is -0.272. The molecular formula is C8H12BrNO3. The molecule has 4 nitrogen and oxygen atoms in total. The Morgan fingerprint density at radius 3 is 2.92 bits per heavy atom. The largest absolute Gasteiger partial charge is 0.469 e. The predicted octanol–water partition coefficient (Wildman–Crippen LogP) is 0.545. The number of hydrogen-bond acceptors (Lipinski definition) is 3. The standard InChI is InChI=1S/C8H12BrNO3/c1-13-7(11)3-5-10-4-2-6(9)8(10)12/h6H,2-5H2,1H3. The third-order valence-electron chi connectivity index (χ3n) is 2.05. The Morgan fingerprint density at radius 2 is 2.46 bits per heavy atom. The molecule has 0 aliphatic carbocycles.